The summed E-state index contributed by atoms with van der Waals surface area (Å²) in [4.78, 5) is 8.55. The number of anilines is 1. The summed E-state index contributed by atoms with van der Waals surface area (Å²) in [7, 11) is 3.32. The first-order chi connectivity index (χ1) is 9.17. The normalized spacial score (nSPS) is 9.79. The van der Waals surface area contributed by atoms with Crippen LogP contribution in [0.5, 0.6) is 5.75 Å². The number of ether oxygens (including phenoxy) is 1. The van der Waals surface area contributed by atoms with Gasteiger partial charge in [0.1, 0.15) is 23.3 Å². The van der Waals surface area contributed by atoms with Crippen molar-refractivity contribution in [2.45, 2.75) is 0 Å². The fourth-order valence-electron chi connectivity index (χ4n) is 1.61. The van der Waals surface area contributed by atoms with E-state index in [1.165, 1.54) is 0 Å². The molecule has 0 amide bonds. The van der Waals surface area contributed by atoms with E-state index in [2.05, 4.69) is 31.2 Å². The van der Waals surface area contributed by atoms with Crippen molar-refractivity contribution in [2.75, 3.05) is 19.5 Å². The molecule has 0 bridgehead atoms. The van der Waals surface area contributed by atoms with E-state index >= 15 is 0 Å². The second kappa shape index (κ2) is 5.67. The molecule has 0 fully saturated rings. The summed E-state index contributed by atoms with van der Waals surface area (Å²) in [5, 5.41) is 11.9. The van der Waals surface area contributed by atoms with Crippen LogP contribution in [0.3, 0.4) is 0 Å². The van der Waals surface area contributed by atoms with E-state index in [9.17, 15) is 0 Å². The number of nitrogens with one attached hydrogen (secondary N) is 1. The average molecular weight is 319 g/mol. The zero-order chi connectivity index (χ0) is 13.8. The first-order valence-corrected chi connectivity index (χ1v) is 6.28. The van der Waals surface area contributed by atoms with Crippen LogP contribution in [-0.4, -0.2) is 24.1 Å². The molecule has 0 aliphatic rings. The Balaban J connectivity index is 2.64. The molecule has 0 saturated carbocycles. The van der Waals surface area contributed by atoms with Crippen LogP contribution in [0.1, 0.15) is 5.69 Å². The molecule has 0 aliphatic carbocycles. The molecule has 6 heteroatoms. The first-order valence-electron chi connectivity index (χ1n) is 5.48. The Morgan fingerprint density at radius 1 is 1.32 bits per heavy atom. The van der Waals surface area contributed by atoms with Gasteiger partial charge in [0.25, 0.3) is 0 Å². The quantitative estimate of drug-likeness (QED) is 0.942. The minimum absolute atomic E-state index is 0.302. The Labute approximate surface area is 119 Å². The molecule has 1 N–H and O–H groups in total. The summed E-state index contributed by atoms with van der Waals surface area (Å²) >= 11 is 3.40. The number of hydrogen-bond acceptors (Lipinski definition) is 5. The molecule has 1 aromatic carbocycles. The highest BCUT2D eigenvalue weighted by Crippen LogP contribution is 2.31. The monoisotopic (exact) mass is 318 g/mol. The van der Waals surface area contributed by atoms with E-state index < -0.39 is 0 Å². The smallest absolute Gasteiger partial charge is 0.166 e. The van der Waals surface area contributed by atoms with Gasteiger partial charge in [-0.25, -0.2) is 9.97 Å². The van der Waals surface area contributed by atoms with Gasteiger partial charge in [0, 0.05) is 17.6 Å². The lowest BCUT2D eigenvalue weighted by Crippen LogP contribution is -2.00. The molecule has 0 saturated heterocycles. The zero-order valence-corrected chi connectivity index (χ0v) is 12.0. The summed E-state index contributed by atoms with van der Waals surface area (Å²) in [5.41, 5.74) is 1.03. The van der Waals surface area contributed by atoms with Crippen molar-refractivity contribution >= 4 is 21.7 Å². The van der Waals surface area contributed by atoms with E-state index in [1.807, 2.05) is 24.3 Å². The molecule has 0 unspecified atom stereocenters. The molecule has 1 heterocycles. The molecule has 0 radical (unpaired) electrons. The van der Waals surface area contributed by atoms with Crippen molar-refractivity contribution in [1.82, 2.24) is 9.97 Å². The highest BCUT2D eigenvalue weighted by Gasteiger charge is 2.12. The van der Waals surface area contributed by atoms with E-state index in [0.29, 0.717) is 23.1 Å². The second-order valence-corrected chi connectivity index (χ2v) is 4.58. The lowest BCUT2D eigenvalue weighted by Gasteiger charge is -2.09. The highest BCUT2D eigenvalue weighted by molar-refractivity contribution is 9.10. The molecule has 5 nitrogen and oxygen atoms in total. The minimum atomic E-state index is 0.302. The van der Waals surface area contributed by atoms with Crippen LogP contribution < -0.4 is 10.1 Å². The molecule has 2 aromatic rings. The van der Waals surface area contributed by atoms with Gasteiger partial charge in [-0.3, -0.25) is 0 Å². The lowest BCUT2D eigenvalue weighted by molar-refractivity contribution is 0.416. The summed E-state index contributed by atoms with van der Waals surface area (Å²) in [5.74, 6) is 1.69. The minimum Gasteiger partial charge on any atom is -0.496 e. The van der Waals surface area contributed by atoms with Gasteiger partial charge >= 0.3 is 0 Å². The third kappa shape index (κ3) is 2.83. The van der Waals surface area contributed by atoms with E-state index in [-0.39, 0.29) is 0 Å². The molecule has 0 spiro atoms. The van der Waals surface area contributed by atoms with Crippen LogP contribution in [0.15, 0.2) is 28.7 Å². The number of hydrogen-bond donors (Lipinski definition) is 1. The Morgan fingerprint density at radius 2 is 2.11 bits per heavy atom. The topological polar surface area (TPSA) is 70.8 Å². The summed E-state index contributed by atoms with van der Waals surface area (Å²) in [6.45, 7) is 0. The molecule has 1 aromatic heterocycles. The summed E-state index contributed by atoms with van der Waals surface area (Å²) < 4.78 is 6.19. The van der Waals surface area contributed by atoms with Gasteiger partial charge in [0.05, 0.1) is 12.7 Å². The Bertz CT molecular complexity index is 652. The van der Waals surface area contributed by atoms with Gasteiger partial charge in [0.2, 0.25) is 0 Å². The van der Waals surface area contributed by atoms with Gasteiger partial charge in [-0.2, -0.15) is 5.26 Å². The highest BCUT2D eigenvalue weighted by atomic mass is 79.9. The maximum absolute atomic E-state index is 9.00. The average Bonchev–Trinajstić information content (AvgIpc) is 2.46. The van der Waals surface area contributed by atoms with Gasteiger partial charge in [-0.1, -0.05) is 15.9 Å². The number of halogens is 1. The van der Waals surface area contributed by atoms with Crippen molar-refractivity contribution in [3.05, 3.63) is 34.4 Å². The molecule has 2 rings (SSSR count). The molecular formula is C13H11BrN4O. The summed E-state index contributed by atoms with van der Waals surface area (Å²) in [6.07, 6.45) is 0. The first kappa shape index (κ1) is 13.3. The van der Waals surface area contributed by atoms with Crippen LogP contribution in [-0.2, 0) is 0 Å². The number of rotatable bonds is 3. The zero-order valence-electron chi connectivity index (χ0n) is 10.4. The van der Waals surface area contributed by atoms with Crippen molar-refractivity contribution in [2.24, 2.45) is 0 Å². The van der Waals surface area contributed by atoms with Gasteiger partial charge in [-0.15, -0.1) is 0 Å². The standard InChI is InChI=1S/C13H11BrN4O/c1-16-12-6-9(7-15)17-13(18-12)10-5-8(14)3-4-11(10)19-2/h3-6H,1-2H3,(H,16,17,18). The van der Waals surface area contributed by atoms with Crippen molar-refractivity contribution < 1.29 is 4.74 Å². The van der Waals surface area contributed by atoms with Crippen LogP contribution in [0, 0.1) is 11.3 Å². The third-order valence-electron chi connectivity index (χ3n) is 2.50. The second-order valence-electron chi connectivity index (χ2n) is 3.67. The fraction of sp³-hybridized carbons (Fsp3) is 0.154. The Hall–Kier alpha value is -2.13. The third-order valence-corrected chi connectivity index (χ3v) is 2.99. The number of methoxy groups -OCH3 is 1. The van der Waals surface area contributed by atoms with Crippen LogP contribution >= 0.6 is 15.9 Å². The molecular weight excluding hydrogens is 308 g/mol. The van der Waals surface area contributed by atoms with E-state index in [0.717, 1.165) is 10.0 Å². The summed E-state index contributed by atoms with van der Waals surface area (Å²) in [6, 6.07) is 9.16. The van der Waals surface area contributed by atoms with Gasteiger partial charge in [0.15, 0.2) is 5.82 Å². The van der Waals surface area contributed by atoms with Crippen LogP contribution in [0.25, 0.3) is 11.4 Å². The maximum Gasteiger partial charge on any atom is 0.166 e. The predicted octanol–water partition coefficient (Wildman–Crippen LogP) is 2.83. The van der Waals surface area contributed by atoms with Gasteiger partial charge in [-0.05, 0) is 18.2 Å². The number of nitrogens with zero attached hydrogens (tertiary/aromatic N) is 3. The van der Waals surface area contributed by atoms with Crippen molar-refractivity contribution in [3.8, 4) is 23.2 Å². The molecule has 0 aliphatic heterocycles. The number of aromatic nitrogens is 2. The lowest BCUT2D eigenvalue weighted by atomic mass is 10.2. The van der Waals surface area contributed by atoms with Crippen LogP contribution in [0.4, 0.5) is 5.82 Å². The molecule has 0 atom stereocenters. The Kier molecular flexibility index (Phi) is 3.97. The molecule has 96 valence electrons. The largest absolute Gasteiger partial charge is 0.496 e. The fourth-order valence-corrected chi connectivity index (χ4v) is 1.97. The SMILES string of the molecule is CNc1cc(C#N)nc(-c2cc(Br)ccc2OC)n1. The predicted molar refractivity (Wildman–Crippen MR) is 76.0 cm³/mol. The van der Waals surface area contributed by atoms with Crippen molar-refractivity contribution in [3.63, 3.8) is 0 Å². The molecule has 19 heavy (non-hydrogen) atoms. The van der Waals surface area contributed by atoms with Crippen LogP contribution in [0.2, 0.25) is 0 Å². The van der Waals surface area contributed by atoms with Gasteiger partial charge < -0.3 is 10.1 Å². The Morgan fingerprint density at radius 3 is 2.74 bits per heavy atom. The maximum atomic E-state index is 9.00. The number of benzene rings is 1. The van der Waals surface area contributed by atoms with E-state index in [4.69, 9.17) is 10.00 Å². The van der Waals surface area contributed by atoms with E-state index in [1.54, 1.807) is 20.2 Å². The number of nitriles is 1. The van der Waals surface area contributed by atoms with Crippen molar-refractivity contribution in [1.29, 1.82) is 5.26 Å².